The molecule has 1 aliphatic heterocycles. The predicted octanol–water partition coefficient (Wildman–Crippen LogP) is 8.87. The zero-order valence-electron chi connectivity index (χ0n) is 23.0. The van der Waals surface area contributed by atoms with Crippen molar-refractivity contribution in [1.82, 2.24) is 0 Å². The Bertz CT molecular complexity index is 1460. The molecule has 0 unspecified atom stereocenters. The number of nitrogens with one attached hydrogen (secondary N) is 1. The molecule has 2 aliphatic rings. The van der Waals surface area contributed by atoms with Gasteiger partial charge in [0.2, 0.25) is 0 Å². The minimum Gasteiger partial charge on any atom is -0.508 e. The molecule has 4 aromatic rings. The zero-order valence-corrected chi connectivity index (χ0v) is 23.8. The highest BCUT2D eigenvalue weighted by molar-refractivity contribution is 7.80. The van der Waals surface area contributed by atoms with Crippen LogP contribution in [0.4, 0.5) is 10.1 Å². The predicted molar refractivity (Wildman–Crippen MR) is 164 cm³/mol. The summed E-state index contributed by atoms with van der Waals surface area (Å²) >= 11 is 4.09. The molecule has 6 rings (SSSR count). The number of carbonyl (C=O) groups is 1. The fraction of sp³-hybridized carbons (Fsp3) is 0.265. The number of carboxylic acid groups (broad SMARTS) is 1. The number of benzene rings is 4. The molecular formula is C34H36FNO3S. The van der Waals surface area contributed by atoms with Crippen LogP contribution in [0.15, 0.2) is 89.8 Å². The molecule has 0 bridgehead atoms. The standard InChI is InChI=1S/C25H24FN.C7H8OS.C2H4O2/c26-23-16-20(9-11-21(23)18-7-3-1-4-8-18)19-10-12-24-22(15-19)25(17-27-24)13-5-2-6-14-25;1-5-4-6(9)2-3-7(5)8;1-2(3)4/h1,3-4,7-12,15-16,27H,2,5-6,13-14,17H2;2-4,8-9H,1H3;1H3,(H,3,4). The average Bonchev–Trinajstić information content (AvgIpc) is 3.28. The number of thiol groups is 1. The van der Waals surface area contributed by atoms with Gasteiger partial charge in [-0.2, -0.15) is 0 Å². The first-order chi connectivity index (χ1) is 19.2. The number of halogens is 1. The summed E-state index contributed by atoms with van der Waals surface area (Å²) < 4.78 is 14.8. The van der Waals surface area contributed by atoms with Gasteiger partial charge in [0.1, 0.15) is 11.6 Å². The van der Waals surface area contributed by atoms with Crippen molar-refractivity contribution in [2.75, 3.05) is 11.9 Å². The van der Waals surface area contributed by atoms with E-state index in [2.05, 4.69) is 36.1 Å². The van der Waals surface area contributed by atoms with Gasteiger partial charge in [0.05, 0.1) is 0 Å². The van der Waals surface area contributed by atoms with E-state index in [-0.39, 0.29) is 11.2 Å². The van der Waals surface area contributed by atoms with Gasteiger partial charge in [0, 0.05) is 35.0 Å². The van der Waals surface area contributed by atoms with Crippen molar-refractivity contribution < 1.29 is 19.4 Å². The molecule has 3 N–H and O–H groups in total. The highest BCUT2D eigenvalue weighted by atomic mass is 32.1. The van der Waals surface area contributed by atoms with Crippen molar-refractivity contribution in [2.24, 2.45) is 0 Å². The van der Waals surface area contributed by atoms with Crippen LogP contribution < -0.4 is 5.32 Å². The molecule has 1 heterocycles. The molecule has 0 aromatic heterocycles. The fourth-order valence-electron chi connectivity index (χ4n) is 5.54. The van der Waals surface area contributed by atoms with E-state index in [4.69, 9.17) is 15.0 Å². The van der Waals surface area contributed by atoms with Gasteiger partial charge in [-0.15, -0.1) is 12.6 Å². The molecule has 40 heavy (non-hydrogen) atoms. The fourth-order valence-corrected chi connectivity index (χ4v) is 5.81. The second kappa shape index (κ2) is 13.1. The number of aryl methyl sites for hydroxylation is 1. The van der Waals surface area contributed by atoms with Crippen molar-refractivity contribution in [2.45, 2.75) is 56.3 Å². The minimum atomic E-state index is -0.833. The molecule has 4 nitrogen and oxygen atoms in total. The lowest BCUT2D eigenvalue weighted by molar-refractivity contribution is -0.134. The molecule has 0 saturated heterocycles. The van der Waals surface area contributed by atoms with Crippen molar-refractivity contribution >= 4 is 24.3 Å². The Morgan fingerprint density at radius 3 is 2.15 bits per heavy atom. The maximum Gasteiger partial charge on any atom is 0.300 e. The monoisotopic (exact) mass is 557 g/mol. The van der Waals surface area contributed by atoms with Gasteiger partial charge in [-0.1, -0.05) is 67.8 Å². The number of phenols is 1. The Labute approximate surface area is 241 Å². The topological polar surface area (TPSA) is 69.6 Å². The highest BCUT2D eigenvalue weighted by Gasteiger charge is 2.39. The van der Waals surface area contributed by atoms with Gasteiger partial charge in [0.25, 0.3) is 5.97 Å². The SMILES string of the molecule is CC(=O)O.Cc1cc(S)ccc1O.Fc1cc(-c2ccc3c(c2)C2(CCCCC2)CN3)ccc1-c1ccccc1. The normalized spacial score (nSPS) is 14.6. The molecular weight excluding hydrogens is 521 g/mol. The Morgan fingerprint density at radius 2 is 1.52 bits per heavy atom. The summed E-state index contributed by atoms with van der Waals surface area (Å²) in [5.74, 6) is -0.669. The molecule has 1 saturated carbocycles. The summed E-state index contributed by atoms with van der Waals surface area (Å²) in [6.45, 7) is 3.97. The molecule has 1 spiro atoms. The van der Waals surface area contributed by atoms with Gasteiger partial charge in [0.15, 0.2) is 0 Å². The van der Waals surface area contributed by atoms with Crippen LogP contribution >= 0.6 is 12.6 Å². The molecule has 0 amide bonds. The molecule has 208 valence electrons. The van der Waals surface area contributed by atoms with E-state index in [9.17, 15) is 4.39 Å². The van der Waals surface area contributed by atoms with E-state index in [0.717, 1.165) is 40.6 Å². The van der Waals surface area contributed by atoms with Gasteiger partial charge < -0.3 is 15.5 Å². The number of hydrogen-bond donors (Lipinski definition) is 4. The third-order valence-electron chi connectivity index (χ3n) is 7.59. The van der Waals surface area contributed by atoms with Crippen LogP contribution in [0.25, 0.3) is 22.3 Å². The summed E-state index contributed by atoms with van der Waals surface area (Å²) in [5.41, 5.74) is 7.49. The van der Waals surface area contributed by atoms with E-state index in [1.165, 1.54) is 43.4 Å². The maximum atomic E-state index is 14.8. The molecule has 6 heteroatoms. The first-order valence-corrected chi connectivity index (χ1v) is 14.1. The Kier molecular flexibility index (Phi) is 9.54. The summed E-state index contributed by atoms with van der Waals surface area (Å²) in [4.78, 5) is 9.88. The number of fused-ring (bicyclic) bond motifs is 2. The lowest BCUT2D eigenvalue weighted by atomic mass is 9.70. The third-order valence-corrected chi connectivity index (χ3v) is 7.86. The summed E-state index contributed by atoms with van der Waals surface area (Å²) in [6, 6.07) is 27.2. The minimum absolute atomic E-state index is 0.162. The van der Waals surface area contributed by atoms with Crippen LogP contribution in [0.1, 0.15) is 50.2 Å². The Hall–Kier alpha value is -3.77. The number of phenolic OH excluding ortho intramolecular Hbond substituents is 1. The first-order valence-electron chi connectivity index (χ1n) is 13.6. The Morgan fingerprint density at radius 1 is 0.875 bits per heavy atom. The summed E-state index contributed by atoms with van der Waals surface area (Å²) in [7, 11) is 0. The molecule has 1 fully saturated rings. The molecule has 0 radical (unpaired) electrons. The third kappa shape index (κ3) is 7.05. The largest absolute Gasteiger partial charge is 0.508 e. The number of aliphatic carboxylic acids is 1. The van der Waals surface area contributed by atoms with Gasteiger partial charge in [-0.25, -0.2) is 4.39 Å². The van der Waals surface area contributed by atoms with Gasteiger partial charge >= 0.3 is 0 Å². The van der Waals surface area contributed by atoms with Crippen molar-refractivity contribution in [3.63, 3.8) is 0 Å². The van der Waals surface area contributed by atoms with Crippen molar-refractivity contribution in [3.8, 4) is 28.0 Å². The first kappa shape index (κ1) is 29.2. The van der Waals surface area contributed by atoms with E-state index in [0.29, 0.717) is 11.3 Å². The second-order valence-corrected chi connectivity index (χ2v) is 11.0. The lowest BCUT2D eigenvalue weighted by Crippen LogP contribution is -2.30. The lowest BCUT2D eigenvalue weighted by Gasteiger charge is -2.33. The maximum absolute atomic E-state index is 14.8. The van der Waals surface area contributed by atoms with Crippen LogP contribution in [0.2, 0.25) is 0 Å². The number of anilines is 1. The van der Waals surface area contributed by atoms with Crippen LogP contribution in [-0.2, 0) is 10.2 Å². The Balaban J connectivity index is 0.000000237. The summed E-state index contributed by atoms with van der Waals surface area (Å²) in [5, 5.41) is 20.0. The van der Waals surface area contributed by atoms with E-state index < -0.39 is 5.97 Å². The summed E-state index contributed by atoms with van der Waals surface area (Å²) in [6.07, 6.45) is 6.50. The highest BCUT2D eigenvalue weighted by Crippen LogP contribution is 2.47. The van der Waals surface area contributed by atoms with Gasteiger partial charge in [-0.3, -0.25) is 4.79 Å². The molecule has 0 atom stereocenters. The quantitative estimate of drug-likeness (QED) is 0.186. The number of aromatic hydroxyl groups is 1. The number of hydrogen-bond acceptors (Lipinski definition) is 4. The van der Waals surface area contributed by atoms with Crippen LogP contribution in [0, 0.1) is 12.7 Å². The molecule has 4 aromatic carbocycles. The van der Waals surface area contributed by atoms with Crippen LogP contribution in [-0.4, -0.2) is 22.7 Å². The van der Waals surface area contributed by atoms with Crippen molar-refractivity contribution in [1.29, 1.82) is 0 Å². The van der Waals surface area contributed by atoms with Crippen molar-refractivity contribution in [3.05, 3.63) is 102 Å². The number of rotatable bonds is 2. The zero-order chi connectivity index (χ0) is 28.7. The van der Waals surface area contributed by atoms with E-state index in [1.807, 2.05) is 55.5 Å². The van der Waals surface area contributed by atoms with E-state index in [1.54, 1.807) is 18.2 Å². The van der Waals surface area contributed by atoms with E-state index >= 15 is 0 Å². The average molecular weight is 558 g/mol. The van der Waals surface area contributed by atoms with Gasteiger partial charge in [-0.05, 0) is 84.0 Å². The van der Waals surface area contributed by atoms with Crippen LogP contribution in [0.5, 0.6) is 5.75 Å². The molecule has 1 aliphatic carbocycles. The smallest absolute Gasteiger partial charge is 0.300 e. The number of carboxylic acids is 1. The second-order valence-electron chi connectivity index (χ2n) is 10.5. The van der Waals surface area contributed by atoms with Crippen LogP contribution in [0.3, 0.4) is 0 Å².